The summed E-state index contributed by atoms with van der Waals surface area (Å²) in [5.74, 6) is 0.896. The van der Waals surface area contributed by atoms with Gasteiger partial charge in [-0.05, 0) is 36.8 Å². The van der Waals surface area contributed by atoms with Crippen molar-refractivity contribution in [2.24, 2.45) is 0 Å². The van der Waals surface area contributed by atoms with Crippen LogP contribution in [-0.2, 0) is 11.3 Å². The Hall–Kier alpha value is -3.39. The fraction of sp³-hybridized carbons (Fsp3) is 0.182. The van der Waals surface area contributed by atoms with Crippen molar-refractivity contribution in [3.05, 3.63) is 71.8 Å². The van der Waals surface area contributed by atoms with E-state index in [1.54, 1.807) is 11.6 Å². The Morgan fingerprint density at radius 3 is 2.67 bits per heavy atom. The standard InChI is InChI=1S/C22H21N5O2S/c1-15-7-9-16(10-8-15)13-23-21(28)14-30-22-25-24-20-12-11-18(26-27(20)22)17-5-3-4-6-19(17)29-2/h3-12H,13-14H2,1-2H3,(H,23,28). The Morgan fingerprint density at radius 1 is 1.07 bits per heavy atom. The number of nitrogens with zero attached hydrogens (tertiary/aromatic N) is 4. The first-order chi connectivity index (χ1) is 14.6. The average molecular weight is 420 g/mol. The highest BCUT2D eigenvalue weighted by Crippen LogP contribution is 2.28. The second kappa shape index (κ2) is 8.96. The molecule has 0 saturated heterocycles. The van der Waals surface area contributed by atoms with Crippen molar-refractivity contribution >= 4 is 23.3 Å². The molecular formula is C22H21N5O2S. The highest BCUT2D eigenvalue weighted by atomic mass is 32.2. The minimum Gasteiger partial charge on any atom is -0.496 e. The molecule has 0 aliphatic rings. The third-order valence-corrected chi connectivity index (χ3v) is 5.48. The van der Waals surface area contributed by atoms with E-state index in [1.165, 1.54) is 17.3 Å². The number of ether oxygens (including phenoxy) is 1. The Kier molecular flexibility index (Phi) is 5.94. The summed E-state index contributed by atoms with van der Waals surface area (Å²) in [6, 6.07) is 19.5. The molecule has 0 bridgehead atoms. The van der Waals surface area contributed by atoms with Gasteiger partial charge >= 0.3 is 0 Å². The first-order valence-corrected chi connectivity index (χ1v) is 10.4. The largest absolute Gasteiger partial charge is 0.496 e. The molecule has 0 unspecified atom stereocenters. The Morgan fingerprint density at radius 2 is 1.87 bits per heavy atom. The number of amides is 1. The average Bonchev–Trinajstić information content (AvgIpc) is 3.19. The van der Waals surface area contributed by atoms with Crippen molar-refractivity contribution in [1.29, 1.82) is 0 Å². The molecule has 2 heterocycles. The third kappa shape index (κ3) is 4.44. The summed E-state index contributed by atoms with van der Waals surface area (Å²) in [4.78, 5) is 12.3. The highest BCUT2D eigenvalue weighted by molar-refractivity contribution is 7.99. The van der Waals surface area contributed by atoms with Crippen LogP contribution in [0, 0.1) is 6.92 Å². The number of aromatic nitrogens is 4. The summed E-state index contributed by atoms with van der Waals surface area (Å²) >= 11 is 1.30. The van der Waals surface area contributed by atoms with Gasteiger partial charge in [0.2, 0.25) is 11.1 Å². The van der Waals surface area contributed by atoms with Crippen molar-refractivity contribution in [2.45, 2.75) is 18.6 Å². The molecule has 0 atom stereocenters. The minimum absolute atomic E-state index is 0.0711. The second-order valence-electron chi connectivity index (χ2n) is 6.72. The van der Waals surface area contributed by atoms with E-state index >= 15 is 0 Å². The van der Waals surface area contributed by atoms with Gasteiger partial charge in [0.25, 0.3) is 0 Å². The maximum Gasteiger partial charge on any atom is 0.230 e. The van der Waals surface area contributed by atoms with Crippen molar-refractivity contribution < 1.29 is 9.53 Å². The number of carbonyl (C=O) groups is 1. The van der Waals surface area contributed by atoms with Crippen LogP contribution >= 0.6 is 11.8 Å². The SMILES string of the molecule is COc1ccccc1-c1ccc2nnc(SCC(=O)NCc3ccc(C)cc3)n2n1. The van der Waals surface area contributed by atoms with Gasteiger partial charge < -0.3 is 10.1 Å². The first kappa shape index (κ1) is 19.9. The summed E-state index contributed by atoms with van der Waals surface area (Å²) in [5.41, 5.74) is 4.50. The molecule has 2 aromatic heterocycles. The van der Waals surface area contributed by atoms with Crippen LogP contribution < -0.4 is 10.1 Å². The maximum absolute atomic E-state index is 12.3. The van der Waals surface area contributed by atoms with E-state index in [2.05, 4.69) is 20.6 Å². The summed E-state index contributed by atoms with van der Waals surface area (Å²) in [5, 5.41) is 16.5. The first-order valence-electron chi connectivity index (χ1n) is 9.45. The van der Waals surface area contributed by atoms with E-state index in [0.29, 0.717) is 17.3 Å². The van der Waals surface area contributed by atoms with Gasteiger partial charge in [-0.3, -0.25) is 4.79 Å². The predicted molar refractivity (Wildman–Crippen MR) is 117 cm³/mol. The number of hydrogen-bond donors (Lipinski definition) is 1. The van der Waals surface area contributed by atoms with Gasteiger partial charge in [0.1, 0.15) is 5.75 Å². The van der Waals surface area contributed by atoms with E-state index in [1.807, 2.05) is 67.6 Å². The zero-order chi connectivity index (χ0) is 20.9. The van der Waals surface area contributed by atoms with Crippen LogP contribution in [0.5, 0.6) is 5.75 Å². The molecular weight excluding hydrogens is 398 g/mol. The Labute approximate surface area is 178 Å². The molecule has 1 N–H and O–H groups in total. The quantitative estimate of drug-likeness (QED) is 0.462. The van der Waals surface area contributed by atoms with Crippen LogP contribution in [0.1, 0.15) is 11.1 Å². The maximum atomic E-state index is 12.3. The molecule has 0 spiro atoms. The van der Waals surface area contributed by atoms with Gasteiger partial charge in [0, 0.05) is 12.1 Å². The van der Waals surface area contributed by atoms with E-state index in [9.17, 15) is 4.79 Å². The third-order valence-electron chi connectivity index (χ3n) is 4.56. The summed E-state index contributed by atoms with van der Waals surface area (Å²) in [6.07, 6.45) is 0. The molecule has 0 aliphatic carbocycles. The molecule has 1 amide bonds. The van der Waals surface area contributed by atoms with Crippen molar-refractivity contribution in [3.63, 3.8) is 0 Å². The molecule has 0 radical (unpaired) electrons. The van der Waals surface area contributed by atoms with Crippen LogP contribution in [0.15, 0.2) is 65.8 Å². The van der Waals surface area contributed by atoms with Crippen LogP contribution in [0.4, 0.5) is 0 Å². The number of hydrogen-bond acceptors (Lipinski definition) is 6. The second-order valence-corrected chi connectivity index (χ2v) is 7.66. The molecule has 2 aromatic carbocycles. The number of benzene rings is 2. The van der Waals surface area contributed by atoms with E-state index in [-0.39, 0.29) is 11.7 Å². The number of carbonyl (C=O) groups excluding carboxylic acids is 1. The monoisotopic (exact) mass is 419 g/mol. The zero-order valence-corrected chi connectivity index (χ0v) is 17.5. The number of fused-ring (bicyclic) bond motifs is 1. The number of nitrogens with one attached hydrogen (secondary N) is 1. The fourth-order valence-corrected chi connectivity index (χ4v) is 3.66. The van der Waals surface area contributed by atoms with Gasteiger partial charge in [0.05, 0.1) is 18.6 Å². The van der Waals surface area contributed by atoms with Crippen LogP contribution in [-0.4, -0.2) is 38.6 Å². The number of para-hydroxylation sites is 1. The van der Waals surface area contributed by atoms with Gasteiger partial charge in [-0.15, -0.1) is 10.2 Å². The Balaban J connectivity index is 1.45. The van der Waals surface area contributed by atoms with Crippen molar-refractivity contribution in [1.82, 2.24) is 25.1 Å². The summed E-state index contributed by atoms with van der Waals surface area (Å²) in [6.45, 7) is 2.53. The lowest BCUT2D eigenvalue weighted by atomic mass is 10.1. The van der Waals surface area contributed by atoms with Gasteiger partial charge in [-0.1, -0.05) is 53.7 Å². The lowest BCUT2D eigenvalue weighted by Gasteiger charge is -2.08. The number of methoxy groups -OCH3 is 1. The number of rotatable bonds is 7. The van der Waals surface area contributed by atoms with Gasteiger partial charge in [-0.25, -0.2) is 0 Å². The fourth-order valence-electron chi connectivity index (χ4n) is 2.95. The normalized spacial score (nSPS) is 10.9. The van der Waals surface area contributed by atoms with Crippen LogP contribution in [0.3, 0.4) is 0 Å². The highest BCUT2D eigenvalue weighted by Gasteiger charge is 2.13. The van der Waals surface area contributed by atoms with Gasteiger partial charge in [0.15, 0.2) is 5.65 Å². The molecule has 4 aromatic rings. The summed E-state index contributed by atoms with van der Waals surface area (Å²) < 4.78 is 7.09. The topological polar surface area (TPSA) is 81.4 Å². The smallest absolute Gasteiger partial charge is 0.230 e. The van der Waals surface area contributed by atoms with E-state index < -0.39 is 0 Å². The predicted octanol–water partition coefficient (Wildman–Crippen LogP) is 3.52. The van der Waals surface area contributed by atoms with Crippen LogP contribution in [0.25, 0.3) is 16.9 Å². The van der Waals surface area contributed by atoms with E-state index in [0.717, 1.165) is 22.6 Å². The molecule has 8 heteroatoms. The molecule has 0 saturated carbocycles. The lowest BCUT2D eigenvalue weighted by molar-refractivity contribution is -0.118. The molecule has 152 valence electrons. The Bertz CT molecular complexity index is 1170. The minimum atomic E-state index is -0.0711. The van der Waals surface area contributed by atoms with E-state index in [4.69, 9.17) is 4.74 Å². The van der Waals surface area contributed by atoms with Crippen molar-refractivity contribution in [2.75, 3.05) is 12.9 Å². The zero-order valence-electron chi connectivity index (χ0n) is 16.7. The lowest BCUT2D eigenvalue weighted by Crippen LogP contribution is -2.24. The molecule has 7 nitrogen and oxygen atoms in total. The molecule has 30 heavy (non-hydrogen) atoms. The van der Waals surface area contributed by atoms with Gasteiger partial charge in [-0.2, -0.15) is 9.61 Å². The number of aryl methyl sites for hydroxylation is 1. The van der Waals surface area contributed by atoms with Crippen molar-refractivity contribution in [3.8, 4) is 17.0 Å². The molecule has 4 rings (SSSR count). The van der Waals surface area contributed by atoms with Crippen LogP contribution in [0.2, 0.25) is 0 Å². The molecule has 0 fully saturated rings. The number of thioether (sulfide) groups is 1. The summed E-state index contributed by atoms with van der Waals surface area (Å²) in [7, 11) is 1.63. The molecule has 0 aliphatic heterocycles.